The van der Waals surface area contributed by atoms with Gasteiger partial charge in [0.15, 0.2) is 0 Å². The number of nitrogens with zero attached hydrogens (tertiary/aromatic N) is 3. The van der Waals surface area contributed by atoms with Gasteiger partial charge in [0, 0.05) is 19.8 Å². The Morgan fingerprint density at radius 1 is 1.58 bits per heavy atom. The SMILES string of the molecule is CN(C)C1=CCC(=[N+]=[N-])C(Cl)=C1. The summed E-state index contributed by atoms with van der Waals surface area (Å²) in [6.07, 6.45) is 4.32. The zero-order valence-electron chi connectivity index (χ0n) is 7.08. The van der Waals surface area contributed by atoms with Crippen molar-refractivity contribution in [1.29, 1.82) is 0 Å². The van der Waals surface area contributed by atoms with Crippen molar-refractivity contribution < 1.29 is 4.79 Å². The van der Waals surface area contributed by atoms with Gasteiger partial charge in [-0.15, -0.1) is 0 Å². The lowest BCUT2D eigenvalue weighted by atomic mass is 10.1. The Morgan fingerprint density at radius 2 is 2.25 bits per heavy atom. The number of halogens is 1. The molecule has 64 valence electrons. The van der Waals surface area contributed by atoms with Gasteiger partial charge in [-0.05, 0) is 12.2 Å². The molecule has 0 saturated carbocycles. The quantitative estimate of drug-likeness (QED) is 0.450. The van der Waals surface area contributed by atoms with Gasteiger partial charge in [0.2, 0.25) is 0 Å². The first-order valence-corrected chi connectivity index (χ1v) is 3.99. The Hall–Kier alpha value is -1.05. The predicted molar refractivity (Wildman–Crippen MR) is 48.9 cm³/mol. The van der Waals surface area contributed by atoms with E-state index >= 15 is 0 Å². The monoisotopic (exact) mass is 183 g/mol. The third-order valence-corrected chi connectivity index (χ3v) is 2.02. The topological polar surface area (TPSA) is 39.6 Å². The number of hydrogen-bond donors (Lipinski definition) is 0. The minimum Gasteiger partial charge on any atom is -0.378 e. The first kappa shape index (κ1) is 9.04. The molecule has 0 aliphatic heterocycles. The molecule has 0 atom stereocenters. The van der Waals surface area contributed by atoms with Crippen LogP contribution in [0.3, 0.4) is 0 Å². The molecule has 12 heavy (non-hydrogen) atoms. The van der Waals surface area contributed by atoms with Crippen LogP contribution in [0, 0.1) is 0 Å². The van der Waals surface area contributed by atoms with Crippen LogP contribution in [0.5, 0.6) is 0 Å². The average molecular weight is 184 g/mol. The molecule has 0 aromatic carbocycles. The standard InChI is InChI=1S/C8H10ClN3/c1-12(2)6-3-4-8(11-10)7(9)5-6/h3,5H,4H2,1-2H3. The van der Waals surface area contributed by atoms with E-state index in [4.69, 9.17) is 17.1 Å². The van der Waals surface area contributed by atoms with Crippen molar-refractivity contribution in [2.45, 2.75) is 6.42 Å². The molecule has 0 aromatic rings. The maximum Gasteiger partial charge on any atom is 0.314 e. The highest BCUT2D eigenvalue weighted by Crippen LogP contribution is 2.18. The van der Waals surface area contributed by atoms with Crippen molar-refractivity contribution in [2.75, 3.05) is 14.1 Å². The molecule has 0 aromatic heterocycles. The molecule has 0 radical (unpaired) electrons. The van der Waals surface area contributed by atoms with Gasteiger partial charge >= 0.3 is 5.71 Å². The first-order chi connectivity index (χ1) is 5.65. The predicted octanol–water partition coefficient (Wildman–Crippen LogP) is 1.63. The van der Waals surface area contributed by atoms with Gasteiger partial charge in [0.05, 0.1) is 6.42 Å². The van der Waals surface area contributed by atoms with Crippen LogP contribution in [0.1, 0.15) is 6.42 Å². The maximum atomic E-state index is 8.51. The van der Waals surface area contributed by atoms with Crippen LogP contribution in [0.2, 0.25) is 0 Å². The fraction of sp³-hybridized carbons (Fsp3) is 0.375. The highest BCUT2D eigenvalue weighted by Gasteiger charge is 2.17. The smallest absolute Gasteiger partial charge is 0.314 e. The van der Waals surface area contributed by atoms with E-state index in [1.54, 1.807) is 6.08 Å². The molecule has 0 heterocycles. The van der Waals surface area contributed by atoms with Crippen LogP contribution in [0.15, 0.2) is 22.9 Å². The van der Waals surface area contributed by atoms with Crippen molar-refractivity contribution >= 4 is 17.3 Å². The highest BCUT2D eigenvalue weighted by atomic mass is 35.5. The Morgan fingerprint density at radius 3 is 2.67 bits per heavy atom. The van der Waals surface area contributed by atoms with E-state index in [-0.39, 0.29) is 0 Å². The molecule has 0 fully saturated rings. The van der Waals surface area contributed by atoms with Crippen molar-refractivity contribution in [3.8, 4) is 0 Å². The van der Waals surface area contributed by atoms with Gasteiger partial charge in [0.1, 0.15) is 5.03 Å². The second-order valence-corrected chi connectivity index (χ2v) is 3.17. The molecular formula is C8H10ClN3. The fourth-order valence-corrected chi connectivity index (χ4v) is 1.20. The molecule has 0 amide bonds. The molecule has 0 N–H and O–H groups in total. The summed E-state index contributed by atoms with van der Waals surface area (Å²) in [6.45, 7) is 0. The van der Waals surface area contributed by atoms with E-state index in [2.05, 4.69) is 4.79 Å². The first-order valence-electron chi connectivity index (χ1n) is 3.61. The van der Waals surface area contributed by atoms with E-state index in [1.807, 2.05) is 25.1 Å². The van der Waals surface area contributed by atoms with Crippen molar-refractivity contribution in [3.63, 3.8) is 0 Å². The van der Waals surface area contributed by atoms with E-state index in [1.165, 1.54) is 0 Å². The Bertz CT molecular complexity index is 295. The molecular weight excluding hydrogens is 174 g/mol. The van der Waals surface area contributed by atoms with Gasteiger partial charge in [-0.2, -0.15) is 4.79 Å². The highest BCUT2D eigenvalue weighted by molar-refractivity contribution is 6.43. The summed E-state index contributed by atoms with van der Waals surface area (Å²) < 4.78 is 0. The minimum atomic E-state index is 0.503. The molecule has 0 unspecified atom stereocenters. The molecule has 1 aliphatic carbocycles. The van der Waals surface area contributed by atoms with Crippen LogP contribution in [-0.2, 0) is 0 Å². The molecule has 0 saturated heterocycles. The zero-order chi connectivity index (χ0) is 9.14. The van der Waals surface area contributed by atoms with Crippen LogP contribution in [-0.4, -0.2) is 29.5 Å². The van der Waals surface area contributed by atoms with Crippen molar-refractivity contribution in [2.24, 2.45) is 0 Å². The summed E-state index contributed by atoms with van der Waals surface area (Å²) in [7, 11) is 3.88. The Labute approximate surface area is 76.6 Å². The molecule has 1 aliphatic rings. The zero-order valence-corrected chi connectivity index (χ0v) is 7.84. The largest absolute Gasteiger partial charge is 0.378 e. The molecule has 4 heteroatoms. The van der Waals surface area contributed by atoms with Gasteiger partial charge in [-0.1, -0.05) is 11.6 Å². The number of likely N-dealkylation sites (N-methyl/N-ethyl adjacent to an activating group) is 1. The lowest BCUT2D eigenvalue weighted by molar-refractivity contribution is -0.00587. The molecule has 1 rings (SSSR count). The number of hydrogen-bond acceptors (Lipinski definition) is 1. The van der Waals surface area contributed by atoms with Gasteiger partial charge in [-0.3, -0.25) is 0 Å². The third kappa shape index (κ3) is 1.76. The second-order valence-electron chi connectivity index (χ2n) is 2.77. The molecule has 0 bridgehead atoms. The van der Waals surface area contributed by atoms with Gasteiger partial charge in [0.25, 0.3) is 0 Å². The Kier molecular flexibility index (Phi) is 2.69. The molecule has 3 nitrogen and oxygen atoms in total. The fourth-order valence-electron chi connectivity index (χ4n) is 0.971. The maximum absolute atomic E-state index is 8.51. The van der Waals surface area contributed by atoms with Crippen molar-refractivity contribution in [3.05, 3.63) is 28.4 Å². The Balaban J connectivity index is 2.92. The average Bonchev–Trinajstić information content (AvgIpc) is 2.04. The van der Waals surface area contributed by atoms with Crippen LogP contribution in [0.25, 0.3) is 5.53 Å². The normalized spacial score (nSPS) is 16.4. The van der Waals surface area contributed by atoms with Gasteiger partial charge < -0.3 is 10.4 Å². The minimum absolute atomic E-state index is 0.503. The van der Waals surface area contributed by atoms with Crippen LogP contribution >= 0.6 is 11.6 Å². The summed E-state index contributed by atoms with van der Waals surface area (Å²) in [5.41, 5.74) is 10.1. The third-order valence-electron chi connectivity index (χ3n) is 1.69. The van der Waals surface area contributed by atoms with E-state index < -0.39 is 0 Å². The number of rotatable bonds is 1. The summed E-state index contributed by atoms with van der Waals surface area (Å²) >= 11 is 5.82. The van der Waals surface area contributed by atoms with Crippen LogP contribution in [0.4, 0.5) is 0 Å². The van der Waals surface area contributed by atoms with Crippen LogP contribution < -0.4 is 0 Å². The summed E-state index contributed by atoms with van der Waals surface area (Å²) in [5, 5.41) is 0.503. The lowest BCUT2D eigenvalue weighted by Gasteiger charge is -2.15. The summed E-state index contributed by atoms with van der Waals surface area (Å²) in [6, 6.07) is 0. The lowest BCUT2D eigenvalue weighted by Crippen LogP contribution is -2.14. The summed E-state index contributed by atoms with van der Waals surface area (Å²) in [4.78, 5) is 5.03. The van der Waals surface area contributed by atoms with Gasteiger partial charge in [-0.25, -0.2) is 0 Å². The van der Waals surface area contributed by atoms with Crippen molar-refractivity contribution in [1.82, 2.24) is 4.90 Å². The van der Waals surface area contributed by atoms with E-state index in [0.717, 1.165) is 5.70 Å². The summed E-state index contributed by atoms with van der Waals surface area (Å²) in [5.74, 6) is 0. The molecule has 0 spiro atoms. The van der Waals surface area contributed by atoms with E-state index in [9.17, 15) is 0 Å². The van der Waals surface area contributed by atoms with E-state index in [0.29, 0.717) is 17.2 Å². The number of allylic oxidation sites excluding steroid dienone is 3. The second kappa shape index (κ2) is 3.57.